The maximum atomic E-state index is 13.2. The van der Waals surface area contributed by atoms with E-state index in [9.17, 15) is 9.90 Å². The number of amides is 1. The molecule has 0 saturated heterocycles. The maximum Gasteiger partial charge on any atom is 0.260 e. The van der Waals surface area contributed by atoms with E-state index in [1.807, 2.05) is 78.9 Å². The predicted octanol–water partition coefficient (Wildman–Crippen LogP) is 5.72. The lowest BCUT2D eigenvalue weighted by Crippen LogP contribution is -2.28. The number of carbonyl (C=O) groups excluding carboxylic acids is 1. The van der Waals surface area contributed by atoms with Gasteiger partial charge in [-0.25, -0.2) is 0 Å². The Labute approximate surface area is 205 Å². The summed E-state index contributed by atoms with van der Waals surface area (Å²) >= 11 is 0. The SMILES string of the molecule is COc1ccc(CCN=C2C[C@H](c3ccccc3)CC(O)=C2C(=O)Nc2ccccc2)cc1OC. The lowest BCUT2D eigenvalue weighted by atomic mass is 9.82. The van der Waals surface area contributed by atoms with Crippen molar-refractivity contribution in [3.05, 3.63) is 101 Å². The maximum absolute atomic E-state index is 13.2. The van der Waals surface area contributed by atoms with Gasteiger partial charge < -0.3 is 19.9 Å². The Morgan fingerprint density at radius 3 is 2.31 bits per heavy atom. The number of hydrogen-bond acceptors (Lipinski definition) is 5. The van der Waals surface area contributed by atoms with E-state index in [0.717, 1.165) is 11.1 Å². The first kappa shape index (κ1) is 24.1. The highest BCUT2D eigenvalue weighted by Crippen LogP contribution is 2.35. The molecular weight excluding hydrogens is 440 g/mol. The molecule has 1 atom stereocenters. The van der Waals surface area contributed by atoms with Gasteiger partial charge in [-0.15, -0.1) is 0 Å². The molecule has 3 aromatic carbocycles. The fourth-order valence-corrected chi connectivity index (χ4v) is 4.35. The van der Waals surface area contributed by atoms with Crippen molar-refractivity contribution in [2.75, 3.05) is 26.1 Å². The van der Waals surface area contributed by atoms with Crippen LogP contribution < -0.4 is 14.8 Å². The molecule has 180 valence electrons. The minimum Gasteiger partial charge on any atom is -0.511 e. The summed E-state index contributed by atoms with van der Waals surface area (Å²) in [6.07, 6.45) is 1.64. The van der Waals surface area contributed by atoms with Gasteiger partial charge in [0.25, 0.3) is 5.91 Å². The minimum absolute atomic E-state index is 0.0595. The van der Waals surface area contributed by atoms with E-state index in [1.165, 1.54) is 0 Å². The second-order valence-corrected chi connectivity index (χ2v) is 8.43. The Hall–Kier alpha value is -4.06. The molecule has 0 heterocycles. The van der Waals surface area contributed by atoms with Gasteiger partial charge in [-0.3, -0.25) is 9.79 Å². The van der Waals surface area contributed by atoms with Crippen molar-refractivity contribution in [1.82, 2.24) is 0 Å². The van der Waals surface area contributed by atoms with E-state index in [4.69, 9.17) is 14.5 Å². The van der Waals surface area contributed by atoms with Crippen LogP contribution in [-0.2, 0) is 11.2 Å². The molecule has 35 heavy (non-hydrogen) atoms. The molecule has 0 saturated carbocycles. The van der Waals surface area contributed by atoms with Gasteiger partial charge in [0.05, 0.1) is 25.5 Å². The number of nitrogens with zero attached hydrogens (tertiary/aromatic N) is 1. The number of aliphatic hydroxyl groups is 1. The number of aliphatic hydroxyl groups excluding tert-OH is 1. The lowest BCUT2D eigenvalue weighted by Gasteiger charge is -2.26. The van der Waals surface area contributed by atoms with Crippen LogP contribution in [0.25, 0.3) is 0 Å². The Morgan fingerprint density at radius 2 is 1.63 bits per heavy atom. The Kier molecular flexibility index (Phi) is 7.83. The van der Waals surface area contributed by atoms with Crippen LogP contribution in [0.1, 0.15) is 29.9 Å². The van der Waals surface area contributed by atoms with Gasteiger partial charge >= 0.3 is 0 Å². The molecular formula is C29H30N2O4. The summed E-state index contributed by atoms with van der Waals surface area (Å²) in [5.41, 5.74) is 3.73. The van der Waals surface area contributed by atoms with E-state index in [1.54, 1.807) is 14.2 Å². The number of aliphatic imine (C=N–C) groups is 1. The van der Waals surface area contributed by atoms with Gasteiger partial charge in [0.15, 0.2) is 11.5 Å². The lowest BCUT2D eigenvalue weighted by molar-refractivity contribution is -0.112. The summed E-state index contributed by atoms with van der Waals surface area (Å²) in [5.74, 6) is 1.13. The van der Waals surface area contributed by atoms with Crippen LogP contribution in [0.3, 0.4) is 0 Å². The number of ether oxygens (including phenoxy) is 2. The molecule has 4 rings (SSSR count). The first-order valence-corrected chi connectivity index (χ1v) is 11.7. The highest BCUT2D eigenvalue weighted by Gasteiger charge is 2.31. The standard InChI is InChI=1S/C29H30N2O4/c1-34-26-14-13-20(17-27(26)35-2)15-16-30-24-18-22(21-9-5-3-6-10-21)19-25(32)28(24)29(33)31-23-11-7-4-8-12-23/h3-14,17,22,32H,15-16,18-19H2,1-2H3,(H,31,33)/t22-/m0/s1. The number of allylic oxidation sites excluding steroid dienone is 1. The molecule has 1 amide bonds. The van der Waals surface area contributed by atoms with Crippen LogP contribution in [0.5, 0.6) is 11.5 Å². The summed E-state index contributed by atoms with van der Waals surface area (Å²) in [6.45, 7) is 0.474. The highest BCUT2D eigenvalue weighted by molar-refractivity contribution is 6.26. The molecule has 3 aromatic rings. The molecule has 0 aromatic heterocycles. The molecule has 0 radical (unpaired) electrons. The number of hydrogen-bond donors (Lipinski definition) is 2. The normalized spacial score (nSPS) is 16.7. The zero-order valence-electron chi connectivity index (χ0n) is 20.0. The Morgan fingerprint density at radius 1 is 0.943 bits per heavy atom. The van der Waals surface area contributed by atoms with Gasteiger partial charge in [-0.1, -0.05) is 54.6 Å². The molecule has 0 unspecified atom stereocenters. The second kappa shape index (κ2) is 11.4. The summed E-state index contributed by atoms with van der Waals surface area (Å²) in [5, 5.41) is 13.9. The van der Waals surface area contributed by atoms with Crippen LogP contribution in [-0.4, -0.2) is 37.5 Å². The van der Waals surface area contributed by atoms with Gasteiger partial charge in [0, 0.05) is 18.7 Å². The fourth-order valence-electron chi connectivity index (χ4n) is 4.35. The van der Waals surface area contributed by atoms with Gasteiger partial charge in [0.1, 0.15) is 5.76 Å². The van der Waals surface area contributed by atoms with Crippen LogP contribution in [0.15, 0.2) is 95.2 Å². The summed E-state index contributed by atoms with van der Waals surface area (Å²) in [4.78, 5) is 18.0. The third-order valence-corrected chi connectivity index (χ3v) is 6.14. The number of rotatable bonds is 8. The molecule has 1 aliphatic rings. The number of benzene rings is 3. The van der Waals surface area contributed by atoms with Crippen LogP contribution in [0.4, 0.5) is 5.69 Å². The smallest absolute Gasteiger partial charge is 0.260 e. The van der Waals surface area contributed by atoms with Gasteiger partial charge in [0.2, 0.25) is 0 Å². The van der Waals surface area contributed by atoms with Crippen molar-refractivity contribution >= 4 is 17.3 Å². The van der Waals surface area contributed by atoms with Crippen LogP contribution in [0, 0.1) is 0 Å². The van der Waals surface area contributed by atoms with E-state index in [0.29, 0.717) is 48.7 Å². The van der Waals surface area contributed by atoms with Crippen molar-refractivity contribution in [3.8, 4) is 11.5 Å². The molecule has 6 heteroatoms. The quantitative estimate of drug-likeness (QED) is 0.442. The number of carbonyl (C=O) groups is 1. The highest BCUT2D eigenvalue weighted by atomic mass is 16.5. The van der Waals surface area contributed by atoms with Crippen LogP contribution in [0.2, 0.25) is 0 Å². The van der Waals surface area contributed by atoms with E-state index < -0.39 is 0 Å². The molecule has 2 N–H and O–H groups in total. The monoisotopic (exact) mass is 470 g/mol. The second-order valence-electron chi connectivity index (χ2n) is 8.43. The zero-order valence-corrected chi connectivity index (χ0v) is 20.0. The van der Waals surface area contributed by atoms with Crippen molar-refractivity contribution in [2.24, 2.45) is 4.99 Å². The average molecular weight is 471 g/mol. The molecule has 6 nitrogen and oxygen atoms in total. The minimum atomic E-state index is -0.343. The number of nitrogens with one attached hydrogen (secondary N) is 1. The number of methoxy groups -OCH3 is 2. The summed E-state index contributed by atoms with van der Waals surface area (Å²) < 4.78 is 10.7. The van der Waals surface area contributed by atoms with E-state index in [-0.39, 0.29) is 23.2 Å². The number of anilines is 1. The fraction of sp³-hybridized carbons (Fsp3) is 0.241. The molecule has 1 aliphatic carbocycles. The summed E-state index contributed by atoms with van der Waals surface area (Å²) in [7, 11) is 3.22. The Bertz CT molecular complexity index is 1220. The van der Waals surface area contributed by atoms with Crippen molar-refractivity contribution in [2.45, 2.75) is 25.2 Å². The first-order valence-electron chi connectivity index (χ1n) is 11.7. The molecule has 0 bridgehead atoms. The van der Waals surface area contributed by atoms with Crippen molar-refractivity contribution in [3.63, 3.8) is 0 Å². The molecule has 0 aliphatic heterocycles. The average Bonchev–Trinajstić information content (AvgIpc) is 2.89. The molecule has 0 fully saturated rings. The third-order valence-electron chi connectivity index (χ3n) is 6.14. The number of para-hydroxylation sites is 1. The Balaban J connectivity index is 1.58. The van der Waals surface area contributed by atoms with E-state index >= 15 is 0 Å². The van der Waals surface area contributed by atoms with Gasteiger partial charge in [-0.2, -0.15) is 0 Å². The van der Waals surface area contributed by atoms with Crippen molar-refractivity contribution < 1.29 is 19.4 Å². The predicted molar refractivity (Wildman–Crippen MR) is 139 cm³/mol. The summed E-state index contributed by atoms with van der Waals surface area (Å²) in [6, 6.07) is 25.1. The van der Waals surface area contributed by atoms with Gasteiger partial charge in [-0.05, 0) is 54.2 Å². The van der Waals surface area contributed by atoms with Crippen LogP contribution >= 0.6 is 0 Å². The zero-order chi connectivity index (χ0) is 24.6. The van der Waals surface area contributed by atoms with Crippen molar-refractivity contribution in [1.29, 1.82) is 0 Å². The topological polar surface area (TPSA) is 80.2 Å². The largest absolute Gasteiger partial charge is 0.511 e. The molecule has 0 spiro atoms. The van der Waals surface area contributed by atoms with E-state index in [2.05, 4.69) is 5.32 Å². The first-order chi connectivity index (χ1) is 17.1. The third kappa shape index (κ3) is 5.90.